The van der Waals surface area contributed by atoms with E-state index in [4.69, 9.17) is 10.0 Å². The van der Waals surface area contributed by atoms with Crippen LogP contribution in [0.4, 0.5) is 0 Å². The van der Waals surface area contributed by atoms with E-state index in [1.54, 1.807) is 6.08 Å². The summed E-state index contributed by atoms with van der Waals surface area (Å²) in [4.78, 5) is 0.833. The van der Waals surface area contributed by atoms with E-state index >= 15 is 0 Å². The smallest absolute Gasteiger partial charge is 0.328 e. The van der Waals surface area contributed by atoms with Crippen LogP contribution < -0.4 is 5.73 Å². The molecule has 1 heterocycles. The first-order valence-corrected chi connectivity index (χ1v) is 11.7. The molecule has 1 aromatic rings. The number of thioether (sulfide) groups is 1. The predicted octanol–water partition coefficient (Wildman–Crippen LogP) is 4.95. The van der Waals surface area contributed by atoms with Gasteiger partial charge in [-0.25, -0.2) is 0 Å². The first-order valence-electron chi connectivity index (χ1n) is 9.34. The van der Waals surface area contributed by atoms with Crippen LogP contribution >= 0.6 is 11.8 Å². The van der Waals surface area contributed by atoms with Crippen LogP contribution in [-0.4, -0.2) is 19.2 Å². The molecule has 7 heteroatoms. The minimum atomic E-state index is -3.64. The van der Waals surface area contributed by atoms with Gasteiger partial charge in [0.1, 0.15) is 5.04 Å². The third kappa shape index (κ3) is 7.07. The Bertz CT molecular complexity index is 827. The van der Waals surface area contributed by atoms with Crippen LogP contribution in [0.3, 0.4) is 0 Å². The maximum atomic E-state index is 12.0. The second kappa shape index (κ2) is 10.6. The average Bonchev–Trinajstić information content (AvgIpc) is 3.12. The van der Waals surface area contributed by atoms with Crippen molar-refractivity contribution in [1.29, 1.82) is 0 Å². The lowest BCUT2D eigenvalue weighted by Gasteiger charge is -2.08. The fourth-order valence-corrected chi connectivity index (χ4v) is 4.38. The van der Waals surface area contributed by atoms with Crippen LogP contribution in [-0.2, 0) is 14.4 Å². The summed E-state index contributed by atoms with van der Waals surface area (Å²) in [6.45, 7) is 4.15. The van der Waals surface area contributed by atoms with Crippen molar-refractivity contribution in [2.45, 2.75) is 52.4 Å². The Balaban J connectivity index is 1.88. The summed E-state index contributed by atoms with van der Waals surface area (Å²) in [6, 6.07) is 7.86. The monoisotopic (exact) mass is 408 g/mol. The van der Waals surface area contributed by atoms with Crippen molar-refractivity contribution >= 4 is 32.6 Å². The molecule has 0 bridgehead atoms. The Labute approximate surface area is 166 Å². The number of hydrogen-bond donors (Lipinski definition) is 1. The number of oxime groups is 1. The van der Waals surface area contributed by atoms with Crippen LogP contribution in [0.25, 0.3) is 5.70 Å². The summed E-state index contributed by atoms with van der Waals surface area (Å²) in [5, 5.41) is 4.27. The number of unbranched alkanes of at least 4 members (excludes halogenated alkanes) is 5. The zero-order chi connectivity index (χ0) is 19.7. The van der Waals surface area contributed by atoms with E-state index in [9.17, 15) is 8.42 Å². The molecule has 0 unspecified atom stereocenters. The van der Waals surface area contributed by atoms with Crippen LogP contribution in [0.15, 0.2) is 46.5 Å². The molecule has 1 aliphatic rings. The minimum absolute atomic E-state index is 0.00166. The highest BCUT2D eigenvalue weighted by atomic mass is 32.2. The van der Waals surface area contributed by atoms with Crippen LogP contribution in [0.5, 0.6) is 0 Å². The summed E-state index contributed by atoms with van der Waals surface area (Å²) in [5.41, 5.74) is 8.95. The Morgan fingerprint density at radius 2 is 1.81 bits per heavy atom. The third-order valence-corrected chi connectivity index (χ3v) is 6.37. The largest absolute Gasteiger partial charge is 0.397 e. The van der Waals surface area contributed by atoms with Gasteiger partial charge in [-0.2, -0.15) is 8.42 Å². The molecule has 5 nitrogen and oxygen atoms in total. The standard InChI is InChI=1S/C20H28N2O3S2/c1-3-4-5-6-7-10-15-27(23,24)25-22-19-14-13-18(26-19)20(21)17-12-9-8-11-16(17)2/h8-9,11-14H,3-7,10,15,21H2,1-2H3/b20-18-,22-19?. The Morgan fingerprint density at radius 1 is 1.11 bits per heavy atom. The van der Waals surface area contributed by atoms with Gasteiger partial charge in [0, 0.05) is 10.5 Å². The van der Waals surface area contributed by atoms with Gasteiger partial charge in [-0.3, -0.25) is 4.28 Å². The topological polar surface area (TPSA) is 81.8 Å². The van der Waals surface area contributed by atoms with Gasteiger partial charge in [0.2, 0.25) is 0 Å². The Morgan fingerprint density at radius 3 is 2.56 bits per heavy atom. The van der Waals surface area contributed by atoms with E-state index in [-0.39, 0.29) is 5.75 Å². The molecule has 0 radical (unpaired) electrons. The molecule has 2 N–H and O–H groups in total. The molecule has 0 saturated carbocycles. The van der Waals surface area contributed by atoms with Gasteiger partial charge >= 0.3 is 10.1 Å². The van der Waals surface area contributed by atoms with E-state index in [0.29, 0.717) is 17.2 Å². The summed E-state index contributed by atoms with van der Waals surface area (Å²) >= 11 is 1.30. The van der Waals surface area contributed by atoms with Crippen LogP contribution in [0.1, 0.15) is 56.6 Å². The van der Waals surface area contributed by atoms with Crippen molar-refractivity contribution in [3.05, 3.63) is 52.4 Å². The lowest BCUT2D eigenvalue weighted by molar-refractivity contribution is 0.339. The summed E-state index contributed by atoms with van der Waals surface area (Å²) in [5.74, 6) is -0.00166. The summed E-state index contributed by atoms with van der Waals surface area (Å²) < 4.78 is 28.7. The lowest BCUT2D eigenvalue weighted by atomic mass is 10.1. The molecule has 0 atom stereocenters. The number of aryl methyl sites for hydroxylation is 1. The summed E-state index contributed by atoms with van der Waals surface area (Å²) in [7, 11) is -3.64. The predicted molar refractivity (Wildman–Crippen MR) is 115 cm³/mol. The second-order valence-electron chi connectivity index (χ2n) is 6.56. The highest BCUT2D eigenvalue weighted by Crippen LogP contribution is 2.32. The average molecular weight is 409 g/mol. The van der Waals surface area contributed by atoms with E-state index in [0.717, 1.165) is 35.3 Å². The fourth-order valence-electron chi connectivity index (χ4n) is 2.72. The third-order valence-electron chi connectivity index (χ3n) is 4.28. The van der Waals surface area contributed by atoms with Crippen LogP contribution in [0, 0.1) is 6.92 Å². The van der Waals surface area contributed by atoms with E-state index in [2.05, 4.69) is 12.1 Å². The van der Waals surface area contributed by atoms with Crippen molar-refractivity contribution in [2.75, 3.05) is 5.75 Å². The van der Waals surface area contributed by atoms with Crippen LogP contribution in [0.2, 0.25) is 0 Å². The Kier molecular flexibility index (Phi) is 8.44. The zero-order valence-corrected chi connectivity index (χ0v) is 17.6. The number of nitrogens with two attached hydrogens (primary N) is 1. The molecule has 0 saturated heterocycles. The lowest BCUT2D eigenvalue weighted by Crippen LogP contribution is -2.08. The molecular formula is C20H28N2O3S2. The molecular weight excluding hydrogens is 380 g/mol. The van der Waals surface area contributed by atoms with Gasteiger partial charge in [0.15, 0.2) is 0 Å². The highest BCUT2D eigenvalue weighted by Gasteiger charge is 2.17. The van der Waals surface area contributed by atoms with Gasteiger partial charge in [-0.15, -0.1) is 0 Å². The van der Waals surface area contributed by atoms with Crippen molar-refractivity contribution in [2.24, 2.45) is 10.9 Å². The molecule has 0 aromatic heterocycles. The molecule has 1 aromatic carbocycles. The van der Waals surface area contributed by atoms with E-state index in [1.807, 2.05) is 37.3 Å². The molecule has 148 valence electrons. The van der Waals surface area contributed by atoms with Gasteiger partial charge in [-0.1, -0.05) is 80.2 Å². The fraction of sp³-hybridized carbons (Fsp3) is 0.450. The first kappa shape index (κ1) is 21.6. The number of benzene rings is 1. The van der Waals surface area contributed by atoms with Gasteiger partial charge in [-0.05, 0) is 31.1 Å². The number of rotatable bonds is 10. The van der Waals surface area contributed by atoms with Crippen molar-refractivity contribution in [3.8, 4) is 0 Å². The molecule has 0 amide bonds. The SMILES string of the molecule is CCCCCCCCS(=O)(=O)ON=C1C=C/C(=C(/N)c2ccccc2C)S1. The molecule has 27 heavy (non-hydrogen) atoms. The van der Waals surface area contributed by atoms with Crippen molar-refractivity contribution < 1.29 is 12.7 Å². The molecule has 0 aliphatic carbocycles. The van der Waals surface area contributed by atoms with E-state index in [1.165, 1.54) is 24.6 Å². The van der Waals surface area contributed by atoms with E-state index < -0.39 is 10.1 Å². The van der Waals surface area contributed by atoms with Crippen molar-refractivity contribution in [1.82, 2.24) is 0 Å². The second-order valence-corrected chi connectivity index (χ2v) is 9.30. The minimum Gasteiger partial charge on any atom is -0.397 e. The number of hydrogen-bond acceptors (Lipinski definition) is 6. The maximum Gasteiger partial charge on any atom is 0.328 e. The molecule has 0 fully saturated rings. The zero-order valence-electron chi connectivity index (χ0n) is 16.0. The highest BCUT2D eigenvalue weighted by molar-refractivity contribution is 8.18. The van der Waals surface area contributed by atoms with Gasteiger partial charge in [0.25, 0.3) is 0 Å². The first-order chi connectivity index (χ1) is 12.9. The maximum absolute atomic E-state index is 12.0. The van der Waals surface area contributed by atoms with Gasteiger partial charge < -0.3 is 5.73 Å². The molecule has 1 aliphatic heterocycles. The number of nitrogens with zero attached hydrogens (tertiary/aromatic N) is 1. The van der Waals surface area contributed by atoms with Crippen molar-refractivity contribution in [3.63, 3.8) is 0 Å². The number of allylic oxidation sites excluding steroid dienone is 1. The molecule has 0 spiro atoms. The summed E-state index contributed by atoms with van der Waals surface area (Å²) in [6.07, 6.45) is 9.62. The quantitative estimate of drug-likeness (QED) is 0.438. The van der Waals surface area contributed by atoms with Gasteiger partial charge in [0.05, 0.1) is 11.4 Å². The Hall–Kier alpha value is -1.73. The molecule has 2 rings (SSSR count). The normalized spacial score (nSPS) is 17.5.